The molecule has 0 radical (unpaired) electrons. The van der Waals surface area contributed by atoms with Gasteiger partial charge in [0.25, 0.3) is 0 Å². The summed E-state index contributed by atoms with van der Waals surface area (Å²) in [6, 6.07) is 8.82. The van der Waals surface area contributed by atoms with E-state index < -0.39 is 0 Å². The molecule has 1 aromatic carbocycles. The number of hydrogen-bond acceptors (Lipinski definition) is 0. The van der Waals surface area contributed by atoms with Gasteiger partial charge in [-0.3, -0.25) is 0 Å². The molecule has 2 rings (SSSR count). The van der Waals surface area contributed by atoms with Crippen molar-refractivity contribution in [1.82, 2.24) is 0 Å². The molecule has 0 N–H and O–H groups in total. The fraction of sp³-hybridized carbons (Fsp3) is 0.615. The molecule has 0 heteroatoms. The van der Waals surface area contributed by atoms with E-state index in [1.807, 2.05) is 0 Å². The molecule has 0 nitrogen and oxygen atoms in total. The molecule has 0 amide bonds. The van der Waals surface area contributed by atoms with Gasteiger partial charge in [-0.05, 0) is 74.1 Å². The fourth-order valence-corrected chi connectivity index (χ4v) is 4.00. The van der Waals surface area contributed by atoms with Crippen molar-refractivity contribution in [1.29, 1.82) is 0 Å². The van der Waals surface area contributed by atoms with Crippen molar-refractivity contribution in [3.8, 4) is 11.8 Å². The Balaban J connectivity index is 1.69. The third-order valence-corrected chi connectivity index (χ3v) is 5.80. The summed E-state index contributed by atoms with van der Waals surface area (Å²) < 4.78 is 0. The zero-order valence-electron chi connectivity index (χ0n) is 17.1. The second-order valence-corrected chi connectivity index (χ2v) is 8.06. The molecular weight excluding hydrogens is 312 g/mol. The predicted octanol–water partition coefficient (Wildman–Crippen LogP) is 7.71. The van der Waals surface area contributed by atoms with Crippen LogP contribution in [0.15, 0.2) is 36.4 Å². The van der Waals surface area contributed by atoms with E-state index in [1.165, 1.54) is 82.6 Å². The molecular formula is C26H38. The fourth-order valence-electron chi connectivity index (χ4n) is 4.00. The average Bonchev–Trinajstić information content (AvgIpc) is 2.68. The van der Waals surface area contributed by atoms with E-state index in [0.717, 1.165) is 17.4 Å². The predicted molar refractivity (Wildman–Crippen MR) is 115 cm³/mol. The van der Waals surface area contributed by atoms with E-state index in [-0.39, 0.29) is 0 Å². The smallest absolute Gasteiger partial charge is 0.0249 e. The minimum Gasteiger partial charge on any atom is -0.0730 e. The first-order chi connectivity index (χ1) is 12.8. The summed E-state index contributed by atoms with van der Waals surface area (Å²) >= 11 is 0. The van der Waals surface area contributed by atoms with Gasteiger partial charge in [-0.1, -0.05) is 82.4 Å². The maximum atomic E-state index is 3.29. The Morgan fingerprint density at radius 3 is 2.27 bits per heavy atom. The summed E-state index contributed by atoms with van der Waals surface area (Å²) in [4.78, 5) is 0. The quantitative estimate of drug-likeness (QED) is 0.316. The molecule has 142 valence electrons. The lowest BCUT2D eigenvalue weighted by Crippen LogP contribution is -2.12. The minimum atomic E-state index is 0.757. The first kappa shape index (κ1) is 20.8. The largest absolute Gasteiger partial charge is 0.0730 e. The number of hydrogen-bond donors (Lipinski definition) is 0. The van der Waals surface area contributed by atoms with E-state index in [4.69, 9.17) is 0 Å². The van der Waals surface area contributed by atoms with Crippen molar-refractivity contribution in [2.45, 2.75) is 90.9 Å². The summed E-state index contributed by atoms with van der Waals surface area (Å²) in [6.07, 6.45) is 20.8. The molecule has 0 atom stereocenters. The highest BCUT2D eigenvalue weighted by atomic mass is 14.2. The van der Waals surface area contributed by atoms with Crippen molar-refractivity contribution in [2.24, 2.45) is 11.8 Å². The number of rotatable bonds is 9. The van der Waals surface area contributed by atoms with Crippen LogP contribution >= 0.6 is 0 Å². The summed E-state index contributed by atoms with van der Waals surface area (Å²) in [5, 5.41) is 0. The molecule has 0 aliphatic heterocycles. The molecule has 0 aromatic heterocycles. The second kappa shape index (κ2) is 12.8. The van der Waals surface area contributed by atoms with Crippen molar-refractivity contribution in [3.63, 3.8) is 0 Å². The Hall–Kier alpha value is -1.48. The standard InChI is InChI=1S/C26H38/c1-3-5-7-11-23-15-19-25(20-16-23)13-9-10-14-26-21-17-24(18-22-26)12-8-6-4-2/h9,13,17-18,21-23,25H,3-8,11-12,15-16,19-20H2,1-2H3/t23-,25-. The SMILES string of the molecule is CCCCCc1ccc(C#CC=C[C@H]2CC[C@H](CCCCC)CC2)cc1. The maximum absolute atomic E-state index is 3.29. The molecule has 0 spiro atoms. The number of benzene rings is 1. The van der Waals surface area contributed by atoms with Gasteiger partial charge in [0.15, 0.2) is 0 Å². The van der Waals surface area contributed by atoms with Crippen LogP contribution in [0.1, 0.15) is 95.6 Å². The van der Waals surface area contributed by atoms with Gasteiger partial charge in [-0.2, -0.15) is 0 Å². The highest BCUT2D eigenvalue weighted by Gasteiger charge is 2.18. The van der Waals surface area contributed by atoms with Crippen LogP contribution in [0.4, 0.5) is 0 Å². The minimum absolute atomic E-state index is 0.757. The first-order valence-electron chi connectivity index (χ1n) is 11.1. The lowest BCUT2D eigenvalue weighted by atomic mass is 9.79. The van der Waals surface area contributed by atoms with Crippen LogP contribution in [0.2, 0.25) is 0 Å². The van der Waals surface area contributed by atoms with E-state index >= 15 is 0 Å². The number of allylic oxidation sites excluding steroid dienone is 2. The van der Waals surface area contributed by atoms with Gasteiger partial charge in [-0.15, -0.1) is 0 Å². The third-order valence-electron chi connectivity index (χ3n) is 5.80. The molecule has 0 unspecified atom stereocenters. The van der Waals surface area contributed by atoms with Crippen LogP contribution in [0.5, 0.6) is 0 Å². The summed E-state index contributed by atoms with van der Waals surface area (Å²) in [7, 11) is 0. The lowest BCUT2D eigenvalue weighted by molar-refractivity contribution is 0.289. The molecule has 1 aliphatic rings. The normalized spacial score (nSPS) is 20.1. The van der Waals surface area contributed by atoms with Gasteiger partial charge in [-0.25, -0.2) is 0 Å². The van der Waals surface area contributed by atoms with Crippen molar-refractivity contribution in [3.05, 3.63) is 47.5 Å². The number of unbranched alkanes of at least 4 members (excludes halogenated alkanes) is 4. The van der Waals surface area contributed by atoms with Crippen LogP contribution in [-0.4, -0.2) is 0 Å². The lowest BCUT2D eigenvalue weighted by Gasteiger charge is -2.26. The Morgan fingerprint density at radius 2 is 1.58 bits per heavy atom. The Labute approximate surface area is 162 Å². The summed E-state index contributed by atoms with van der Waals surface area (Å²) in [6.45, 7) is 4.55. The molecule has 1 saturated carbocycles. The zero-order valence-corrected chi connectivity index (χ0v) is 17.1. The molecule has 26 heavy (non-hydrogen) atoms. The van der Waals surface area contributed by atoms with E-state index in [2.05, 4.69) is 62.1 Å². The van der Waals surface area contributed by atoms with Crippen LogP contribution < -0.4 is 0 Å². The monoisotopic (exact) mass is 350 g/mol. The maximum Gasteiger partial charge on any atom is 0.0249 e. The highest BCUT2D eigenvalue weighted by Crippen LogP contribution is 2.32. The Morgan fingerprint density at radius 1 is 0.885 bits per heavy atom. The molecule has 1 fully saturated rings. The Bertz CT molecular complexity index is 558. The number of aryl methyl sites for hydroxylation is 1. The van der Waals surface area contributed by atoms with E-state index in [9.17, 15) is 0 Å². The van der Waals surface area contributed by atoms with E-state index in [1.54, 1.807) is 0 Å². The van der Waals surface area contributed by atoms with Gasteiger partial charge in [0.1, 0.15) is 0 Å². The van der Waals surface area contributed by atoms with Gasteiger partial charge >= 0.3 is 0 Å². The second-order valence-electron chi connectivity index (χ2n) is 8.06. The van der Waals surface area contributed by atoms with Crippen LogP contribution in [0, 0.1) is 23.7 Å². The van der Waals surface area contributed by atoms with Gasteiger partial charge < -0.3 is 0 Å². The summed E-state index contributed by atoms with van der Waals surface area (Å²) in [5.74, 6) is 8.28. The van der Waals surface area contributed by atoms with Crippen LogP contribution in [-0.2, 0) is 6.42 Å². The first-order valence-corrected chi connectivity index (χ1v) is 11.1. The molecule has 1 aromatic rings. The van der Waals surface area contributed by atoms with Crippen molar-refractivity contribution in [2.75, 3.05) is 0 Å². The highest BCUT2D eigenvalue weighted by molar-refractivity contribution is 5.38. The summed E-state index contributed by atoms with van der Waals surface area (Å²) in [5.41, 5.74) is 2.57. The van der Waals surface area contributed by atoms with Gasteiger partial charge in [0.05, 0.1) is 0 Å². The molecule has 0 saturated heterocycles. The molecule has 1 aliphatic carbocycles. The molecule has 0 heterocycles. The van der Waals surface area contributed by atoms with Crippen molar-refractivity contribution < 1.29 is 0 Å². The zero-order chi connectivity index (χ0) is 18.5. The van der Waals surface area contributed by atoms with Crippen LogP contribution in [0.3, 0.4) is 0 Å². The average molecular weight is 351 g/mol. The third kappa shape index (κ3) is 8.27. The van der Waals surface area contributed by atoms with Gasteiger partial charge in [0, 0.05) is 5.56 Å². The Kier molecular flexibility index (Phi) is 10.3. The van der Waals surface area contributed by atoms with Gasteiger partial charge in [0.2, 0.25) is 0 Å². The van der Waals surface area contributed by atoms with Crippen LogP contribution in [0.25, 0.3) is 0 Å². The topological polar surface area (TPSA) is 0 Å². The van der Waals surface area contributed by atoms with Crippen molar-refractivity contribution >= 4 is 0 Å². The van der Waals surface area contributed by atoms with E-state index in [0.29, 0.717) is 0 Å². The molecule has 0 bridgehead atoms.